The summed E-state index contributed by atoms with van der Waals surface area (Å²) in [5.41, 5.74) is 0. The molecule has 2 N–H and O–H groups in total. The Morgan fingerprint density at radius 1 is 1.42 bits per heavy atom. The van der Waals surface area contributed by atoms with Crippen LogP contribution < -0.4 is 5.32 Å². The Hall–Kier alpha value is -0.910. The summed E-state index contributed by atoms with van der Waals surface area (Å²) >= 11 is 1.80. The molecule has 0 atom stereocenters. The summed E-state index contributed by atoms with van der Waals surface area (Å²) < 4.78 is 0.185. The summed E-state index contributed by atoms with van der Waals surface area (Å²) in [5.74, 6) is -0.442. The first-order valence-electron chi connectivity index (χ1n) is 6.84. The standard InChI is InChI=1S/C13H22N2O3S/c1-19-13(5-2-6-13)9-14-12(18)15(8-11(16)17)7-10-3-4-10/h10H,2-9H2,1H3,(H,14,18)(H,16,17). The van der Waals surface area contributed by atoms with E-state index in [9.17, 15) is 9.59 Å². The number of amides is 2. The van der Waals surface area contributed by atoms with Crippen molar-refractivity contribution >= 4 is 23.8 Å². The molecule has 0 aromatic carbocycles. The second kappa shape index (κ2) is 6.03. The van der Waals surface area contributed by atoms with Gasteiger partial charge in [0.15, 0.2) is 0 Å². The van der Waals surface area contributed by atoms with Crippen LogP contribution in [-0.4, -0.2) is 52.6 Å². The number of carboxylic acids is 1. The first-order chi connectivity index (χ1) is 9.04. The summed E-state index contributed by atoms with van der Waals surface area (Å²) in [7, 11) is 0. The molecule has 108 valence electrons. The zero-order chi connectivity index (χ0) is 13.9. The molecule has 0 aliphatic heterocycles. The molecular formula is C13H22N2O3S. The topological polar surface area (TPSA) is 69.6 Å². The number of aliphatic carboxylic acids is 1. The predicted molar refractivity (Wildman–Crippen MR) is 75.4 cm³/mol. The molecule has 2 fully saturated rings. The molecule has 2 saturated carbocycles. The number of nitrogens with one attached hydrogen (secondary N) is 1. The van der Waals surface area contributed by atoms with Crippen molar-refractivity contribution in [2.24, 2.45) is 5.92 Å². The Balaban J connectivity index is 1.81. The van der Waals surface area contributed by atoms with E-state index in [1.807, 2.05) is 0 Å². The second-order valence-corrected chi connectivity index (χ2v) is 6.89. The van der Waals surface area contributed by atoms with E-state index in [2.05, 4.69) is 11.6 Å². The normalized spacial score (nSPS) is 20.5. The minimum absolute atomic E-state index is 0.185. The highest BCUT2D eigenvalue weighted by atomic mass is 32.2. The van der Waals surface area contributed by atoms with Crippen molar-refractivity contribution in [3.05, 3.63) is 0 Å². The van der Waals surface area contributed by atoms with Crippen LogP contribution in [0, 0.1) is 5.92 Å². The van der Waals surface area contributed by atoms with E-state index in [0.29, 0.717) is 19.0 Å². The number of rotatable bonds is 7. The number of hydrogen-bond acceptors (Lipinski definition) is 3. The highest BCUT2D eigenvalue weighted by Gasteiger charge is 2.37. The highest BCUT2D eigenvalue weighted by molar-refractivity contribution is 8.00. The monoisotopic (exact) mass is 286 g/mol. The number of urea groups is 1. The summed E-state index contributed by atoms with van der Waals surface area (Å²) in [6.07, 6.45) is 7.78. The largest absolute Gasteiger partial charge is 0.480 e. The van der Waals surface area contributed by atoms with Gasteiger partial charge in [-0.1, -0.05) is 6.42 Å². The molecule has 5 nitrogen and oxygen atoms in total. The summed E-state index contributed by atoms with van der Waals surface area (Å²) in [5, 5.41) is 11.8. The van der Waals surface area contributed by atoms with Gasteiger partial charge in [-0.3, -0.25) is 4.79 Å². The van der Waals surface area contributed by atoms with E-state index < -0.39 is 5.97 Å². The van der Waals surface area contributed by atoms with E-state index in [4.69, 9.17) is 5.11 Å². The molecular weight excluding hydrogens is 264 g/mol. The average molecular weight is 286 g/mol. The number of hydrogen-bond donors (Lipinski definition) is 2. The van der Waals surface area contributed by atoms with Crippen LogP contribution in [0.25, 0.3) is 0 Å². The maximum Gasteiger partial charge on any atom is 0.323 e. The van der Waals surface area contributed by atoms with Crippen molar-refractivity contribution in [3.63, 3.8) is 0 Å². The van der Waals surface area contributed by atoms with Gasteiger partial charge < -0.3 is 15.3 Å². The van der Waals surface area contributed by atoms with Gasteiger partial charge in [0.05, 0.1) is 0 Å². The minimum atomic E-state index is -0.945. The summed E-state index contributed by atoms with van der Waals surface area (Å²) in [6, 6.07) is -0.227. The lowest BCUT2D eigenvalue weighted by Crippen LogP contribution is -2.50. The molecule has 0 radical (unpaired) electrons. The fraction of sp³-hybridized carbons (Fsp3) is 0.846. The fourth-order valence-corrected chi connectivity index (χ4v) is 3.28. The molecule has 0 aromatic heterocycles. The van der Waals surface area contributed by atoms with Crippen LogP contribution in [0.4, 0.5) is 4.79 Å². The van der Waals surface area contributed by atoms with Gasteiger partial charge in [-0.15, -0.1) is 0 Å². The number of nitrogens with zero attached hydrogens (tertiary/aromatic N) is 1. The molecule has 0 spiro atoms. The molecule has 19 heavy (non-hydrogen) atoms. The third-order valence-corrected chi connectivity index (χ3v) is 5.47. The van der Waals surface area contributed by atoms with Gasteiger partial charge in [0.2, 0.25) is 0 Å². The van der Waals surface area contributed by atoms with Crippen LogP contribution >= 0.6 is 11.8 Å². The number of carbonyl (C=O) groups is 2. The van der Waals surface area contributed by atoms with Gasteiger partial charge in [0.1, 0.15) is 6.54 Å². The first kappa shape index (κ1) is 14.5. The molecule has 6 heteroatoms. The van der Waals surface area contributed by atoms with Gasteiger partial charge in [0, 0.05) is 17.8 Å². The lowest BCUT2D eigenvalue weighted by Gasteiger charge is -2.40. The van der Waals surface area contributed by atoms with Crippen LogP contribution in [-0.2, 0) is 4.79 Å². The zero-order valence-electron chi connectivity index (χ0n) is 11.4. The highest BCUT2D eigenvalue weighted by Crippen LogP contribution is 2.42. The Bertz CT molecular complexity index is 348. The number of thioether (sulfide) groups is 1. The van der Waals surface area contributed by atoms with Gasteiger partial charge in [-0.05, 0) is 37.9 Å². The minimum Gasteiger partial charge on any atom is -0.480 e. The Morgan fingerprint density at radius 3 is 2.53 bits per heavy atom. The van der Waals surface area contributed by atoms with Gasteiger partial charge in [0.25, 0.3) is 0 Å². The number of carboxylic acid groups (broad SMARTS) is 1. The van der Waals surface area contributed by atoms with E-state index >= 15 is 0 Å². The van der Waals surface area contributed by atoms with E-state index in [0.717, 1.165) is 25.7 Å². The maximum absolute atomic E-state index is 12.1. The fourth-order valence-electron chi connectivity index (χ4n) is 2.37. The molecule has 2 aliphatic carbocycles. The van der Waals surface area contributed by atoms with Crippen molar-refractivity contribution < 1.29 is 14.7 Å². The summed E-state index contributed by atoms with van der Waals surface area (Å²) in [4.78, 5) is 24.3. The molecule has 0 saturated heterocycles. The Morgan fingerprint density at radius 2 is 2.11 bits per heavy atom. The summed E-state index contributed by atoms with van der Waals surface area (Å²) in [6.45, 7) is 1.02. The average Bonchev–Trinajstić information content (AvgIpc) is 3.10. The molecule has 0 heterocycles. The van der Waals surface area contributed by atoms with Crippen LogP contribution in [0.15, 0.2) is 0 Å². The predicted octanol–water partition coefficient (Wildman–Crippen LogP) is 1.78. The van der Waals surface area contributed by atoms with Crippen LogP contribution in [0.2, 0.25) is 0 Å². The lowest BCUT2D eigenvalue weighted by atomic mass is 9.84. The van der Waals surface area contributed by atoms with Crippen LogP contribution in [0.3, 0.4) is 0 Å². The van der Waals surface area contributed by atoms with Crippen molar-refractivity contribution in [2.75, 3.05) is 25.9 Å². The van der Waals surface area contributed by atoms with Crippen LogP contribution in [0.1, 0.15) is 32.1 Å². The van der Waals surface area contributed by atoms with Gasteiger partial charge in [-0.2, -0.15) is 11.8 Å². The third-order valence-electron chi connectivity index (χ3n) is 4.05. The third kappa shape index (κ3) is 4.03. The van der Waals surface area contributed by atoms with Crippen molar-refractivity contribution in [2.45, 2.75) is 36.9 Å². The Labute approximate surface area is 118 Å². The van der Waals surface area contributed by atoms with Crippen LogP contribution in [0.5, 0.6) is 0 Å². The smallest absolute Gasteiger partial charge is 0.323 e. The maximum atomic E-state index is 12.1. The SMILES string of the molecule is CSC1(CNC(=O)N(CC(=O)O)CC2CC2)CCC1. The molecule has 2 rings (SSSR count). The molecule has 2 aliphatic rings. The van der Waals surface area contributed by atoms with Gasteiger partial charge in [-0.25, -0.2) is 4.79 Å². The zero-order valence-corrected chi connectivity index (χ0v) is 12.2. The second-order valence-electron chi connectivity index (χ2n) is 5.62. The van der Waals surface area contributed by atoms with E-state index in [-0.39, 0.29) is 17.3 Å². The molecule has 0 bridgehead atoms. The van der Waals surface area contributed by atoms with E-state index in [1.165, 1.54) is 11.3 Å². The van der Waals surface area contributed by atoms with Gasteiger partial charge >= 0.3 is 12.0 Å². The Kier molecular flexibility index (Phi) is 4.60. The van der Waals surface area contributed by atoms with Crippen molar-refractivity contribution in [1.82, 2.24) is 10.2 Å². The van der Waals surface area contributed by atoms with E-state index in [1.54, 1.807) is 11.8 Å². The molecule has 0 aromatic rings. The lowest BCUT2D eigenvalue weighted by molar-refractivity contribution is -0.137. The number of carbonyl (C=O) groups excluding carboxylic acids is 1. The molecule has 2 amide bonds. The molecule has 0 unspecified atom stereocenters. The van der Waals surface area contributed by atoms with Crippen molar-refractivity contribution in [1.29, 1.82) is 0 Å². The quantitative estimate of drug-likeness (QED) is 0.748. The van der Waals surface area contributed by atoms with Crippen molar-refractivity contribution in [3.8, 4) is 0 Å². The first-order valence-corrected chi connectivity index (χ1v) is 8.07.